The lowest BCUT2D eigenvalue weighted by Crippen LogP contribution is -2.42. The molecule has 2 amide bonds. The number of rotatable bonds is 5. The SMILES string of the molecule is O=C(NCCN1CCOCC1)C1CC(=O)N(c2ccccc2)C1. The van der Waals surface area contributed by atoms with Crippen LogP contribution in [0, 0.1) is 5.92 Å². The number of hydrogen-bond donors (Lipinski definition) is 1. The van der Waals surface area contributed by atoms with Gasteiger partial charge in [-0.25, -0.2) is 0 Å². The predicted octanol–water partition coefficient (Wildman–Crippen LogP) is 0.488. The molecule has 6 heteroatoms. The van der Waals surface area contributed by atoms with Crippen molar-refractivity contribution in [3.8, 4) is 0 Å². The molecule has 6 nitrogen and oxygen atoms in total. The van der Waals surface area contributed by atoms with Gasteiger partial charge in [-0.05, 0) is 12.1 Å². The summed E-state index contributed by atoms with van der Waals surface area (Å²) < 4.78 is 5.30. The van der Waals surface area contributed by atoms with Gasteiger partial charge in [-0.3, -0.25) is 14.5 Å². The molecule has 0 spiro atoms. The normalized spacial score (nSPS) is 22.3. The number of anilines is 1. The molecule has 2 aliphatic rings. The first-order valence-electron chi connectivity index (χ1n) is 8.17. The third-order valence-corrected chi connectivity index (χ3v) is 4.39. The van der Waals surface area contributed by atoms with Gasteiger partial charge in [0.25, 0.3) is 0 Å². The summed E-state index contributed by atoms with van der Waals surface area (Å²) in [6.45, 7) is 5.27. The van der Waals surface area contributed by atoms with Crippen molar-refractivity contribution >= 4 is 17.5 Å². The van der Waals surface area contributed by atoms with Gasteiger partial charge in [-0.15, -0.1) is 0 Å². The second kappa shape index (κ2) is 7.57. The van der Waals surface area contributed by atoms with Crippen LogP contribution in [0.4, 0.5) is 5.69 Å². The summed E-state index contributed by atoms with van der Waals surface area (Å²) in [6, 6.07) is 9.52. The van der Waals surface area contributed by atoms with E-state index in [9.17, 15) is 9.59 Å². The predicted molar refractivity (Wildman–Crippen MR) is 87.2 cm³/mol. The molecule has 23 heavy (non-hydrogen) atoms. The summed E-state index contributed by atoms with van der Waals surface area (Å²) in [5, 5.41) is 2.96. The number of morpholine rings is 1. The van der Waals surface area contributed by atoms with Crippen LogP contribution >= 0.6 is 0 Å². The van der Waals surface area contributed by atoms with Crippen LogP contribution in [0.5, 0.6) is 0 Å². The van der Waals surface area contributed by atoms with Crippen molar-refractivity contribution in [3.05, 3.63) is 30.3 Å². The van der Waals surface area contributed by atoms with E-state index in [1.807, 2.05) is 30.3 Å². The molecular formula is C17H23N3O3. The van der Waals surface area contributed by atoms with Crippen LogP contribution < -0.4 is 10.2 Å². The third kappa shape index (κ3) is 4.09. The molecule has 2 saturated heterocycles. The highest BCUT2D eigenvalue weighted by Gasteiger charge is 2.34. The molecule has 1 unspecified atom stereocenters. The van der Waals surface area contributed by atoms with E-state index in [-0.39, 0.29) is 24.2 Å². The Labute approximate surface area is 136 Å². The average Bonchev–Trinajstić information content (AvgIpc) is 2.98. The van der Waals surface area contributed by atoms with Crippen LogP contribution in [0.25, 0.3) is 0 Å². The molecule has 0 saturated carbocycles. The maximum absolute atomic E-state index is 12.3. The Kier molecular flexibility index (Phi) is 5.25. The largest absolute Gasteiger partial charge is 0.379 e. The van der Waals surface area contributed by atoms with E-state index in [0.29, 0.717) is 13.1 Å². The molecule has 2 aliphatic heterocycles. The molecule has 0 aliphatic carbocycles. The molecule has 0 radical (unpaired) electrons. The van der Waals surface area contributed by atoms with Crippen LogP contribution in [0.2, 0.25) is 0 Å². The fourth-order valence-electron chi connectivity index (χ4n) is 3.05. The summed E-state index contributed by atoms with van der Waals surface area (Å²) in [5.41, 5.74) is 0.862. The highest BCUT2D eigenvalue weighted by atomic mass is 16.5. The smallest absolute Gasteiger partial charge is 0.227 e. The fourth-order valence-corrected chi connectivity index (χ4v) is 3.05. The Morgan fingerprint density at radius 2 is 1.96 bits per heavy atom. The lowest BCUT2D eigenvalue weighted by Gasteiger charge is -2.26. The number of ether oxygens (including phenoxy) is 1. The van der Waals surface area contributed by atoms with Crippen LogP contribution in [0.15, 0.2) is 30.3 Å². The molecule has 1 N–H and O–H groups in total. The number of nitrogens with one attached hydrogen (secondary N) is 1. The first-order valence-corrected chi connectivity index (χ1v) is 8.17. The minimum absolute atomic E-state index is 0.0181. The first-order chi connectivity index (χ1) is 11.2. The zero-order valence-corrected chi connectivity index (χ0v) is 13.2. The van der Waals surface area contributed by atoms with E-state index in [2.05, 4.69) is 10.2 Å². The Morgan fingerprint density at radius 3 is 2.70 bits per heavy atom. The number of carbonyl (C=O) groups is 2. The topological polar surface area (TPSA) is 61.9 Å². The van der Waals surface area contributed by atoms with Crippen molar-refractivity contribution in [2.24, 2.45) is 5.92 Å². The molecule has 1 aromatic carbocycles. The van der Waals surface area contributed by atoms with Gasteiger partial charge >= 0.3 is 0 Å². The average molecular weight is 317 g/mol. The second-order valence-electron chi connectivity index (χ2n) is 5.99. The number of benzene rings is 1. The number of amides is 2. The Hall–Kier alpha value is -1.92. The van der Waals surface area contributed by atoms with Gasteiger partial charge < -0.3 is 15.0 Å². The van der Waals surface area contributed by atoms with Crippen LogP contribution in [0.1, 0.15) is 6.42 Å². The molecule has 3 rings (SSSR count). The third-order valence-electron chi connectivity index (χ3n) is 4.39. The van der Waals surface area contributed by atoms with Gasteiger partial charge in [-0.1, -0.05) is 18.2 Å². The maximum atomic E-state index is 12.3. The van der Waals surface area contributed by atoms with E-state index in [4.69, 9.17) is 4.74 Å². The summed E-state index contributed by atoms with van der Waals surface area (Å²) >= 11 is 0. The van der Waals surface area contributed by atoms with Crippen molar-refractivity contribution in [2.75, 3.05) is 50.8 Å². The standard InChI is InChI=1S/C17H23N3O3/c21-16-12-14(13-20(16)15-4-2-1-3-5-15)17(22)18-6-7-19-8-10-23-11-9-19/h1-5,14H,6-13H2,(H,18,22). The quantitative estimate of drug-likeness (QED) is 0.858. The van der Waals surface area contributed by atoms with E-state index in [1.54, 1.807) is 4.90 Å². The fraction of sp³-hybridized carbons (Fsp3) is 0.529. The van der Waals surface area contributed by atoms with E-state index in [1.165, 1.54) is 0 Å². The molecule has 1 atom stereocenters. The van der Waals surface area contributed by atoms with Crippen LogP contribution in [-0.2, 0) is 14.3 Å². The maximum Gasteiger partial charge on any atom is 0.227 e. The van der Waals surface area contributed by atoms with E-state index in [0.717, 1.165) is 38.5 Å². The monoisotopic (exact) mass is 317 g/mol. The van der Waals surface area contributed by atoms with E-state index >= 15 is 0 Å². The second-order valence-corrected chi connectivity index (χ2v) is 5.99. The van der Waals surface area contributed by atoms with Gasteiger partial charge in [0.15, 0.2) is 0 Å². The number of hydrogen-bond acceptors (Lipinski definition) is 4. The Bertz CT molecular complexity index is 543. The van der Waals surface area contributed by atoms with Crippen molar-refractivity contribution in [2.45, 2.75) is 6.42 Å². The molecule has 124 valence electrons. The van der Waals surface area contributed by atoms with Gasteiger partial charge in [0.05, 0.1) is 19.1 Å². The summed E-state index contributed by atoms with van der Waals surface area (Å²) in [6.07, 6.45) is 0.290. The summed E-state index contributed by atoms with van der Waals surface area (Å²) in [5.74, 6) is -0.262. The minimum Gasteiger partial charge on any atom is -0.379 e. The van der Waals surface area contributed by atoms with Crippen molar-refractivity contribution in [1.29, 1.82) is 0 Å². The molecule has 2 heterocycles. The van der Waals surface area contributed by atoms with E-state index < -0.39 is 0 Å². The first kappa shape index (κ1) is 16.0. The van der Waals surface area contributed by atoms with Gasteiger partial charge in [0.2, 0.25) is 11.8 Å². The number of nitrogens with zero attached hydrogens (tertiary/aromatic N) is 2. The zero-order valence-electron chi connectivity index (χ0n) is 13.2. The highest BCUT2D eigenvalue weighted by Crippen LogP contribution is 2.24. The van der Waals surface area contributed by atoms with Gasteiger partial charge in [0, 0.05) is 44.8 Å². The molecule has 1 aromatic rings. The molecule has 0 aromatic heterocycles. The lowest BCUT2D eigenvalue weighted by atomic mass is 10.1. The van der Waals surface area contributed by atoms with Crippen LogP contribution in [-0.4, -0.2) is 62.7 Å². The van der Waals surface area contributed by atoms with Gasteiger partial charge in [0.1, 0.15) is 0 Å². The summed E-state index contributed by atoms with van der Waals surface area (Å²) in [4.78, 5) is 28.4. The lowest BCUT2D eigenvalue weighted by molar-refractivity contribution is -0.126. The minimum atomic E-state index is -0.257. The Balaban J connectivity index is 1.46. The number of para-hydroxylation sites is 1. The molecule has 0 bridgehead atoms. The Morgan fingerprint density at radius 1 is 1.22 bits per heavy atom. The summed E-state index contributed by atoms with van der Waals surface area (Å²) in [7, 11) is 0. The molecular weight excluding hydrogens is 294 g/mol. The molecule has 2 fully saturated rings. The highest BCUT2D eigenvalue weighted by molar-refractivity contribution is 6.00. The number of carbonyl (C=O) groups excluding carboxylic acids is 2. The van der Waals surface area contributed by atoms with Crippen LogP contribution in [0.3, 0.4) is 0 Å². The zero-order chi connectivity index (χ0) is 16.1. The van der Waals surface area contributed by atoms with Gasteiger partial charge in [-0.2, -0.15) is 0 Å². The van der Waals surface area contributed by atoms with Crippen molar-refractivity contribution < 1.29 is 14.3 Å². The van der Waals surface area contributed by atoms with Crippen molar-refractivity contribution in [1.82, 2.24) is 10.2 Å². The van der Waals surface area contributed by atoms with Crippen molar-refractivity contribution in [3.63, 3.8) is 0 Å².